The van der Waals surface area contributed by atoms with Gasteiger partial charge in [0.05, 0.1) is 12.8 Å². The van der Waals surface area contributed by atoms with Gasteiger partial charge in [0.1, 0.15) is 6.33 Å². The Labute approximate surface area is 103 Å². The van der Waals surface area contributed by atoms with E-state index in [1.54, 1.807) is 18.2 Å². The fraction of sp³-hybridized carbons (Fsp3) is 0.0833. The molecule has 0 radical (unpaired) electrons. The van der Waals surface area contributed by atoms with Crippen molar-refractivity contribution in [3.8, 4) is 11.3 Å². The zero-order chi connectivity index (χ0) is 12.3. The highest BCUT2D eigenvalue weighted by Crippen LogP contribution is 2.20. The van der Waals surface area contributed by atoms with Crippen molar-refractivity contribution in [1.29, 1.82) is 0 Å². The number of carbonyl (C=O) groups is 1. The second-order valence-corrected chi connectivity index (χ2v) is 3.73. The van der Waals surface area contributed by atoms with Crippen molar-refractivity contribution in [1.82, 2.24) is 9.97 Å². The minimum atomic E-state index is -0.490. The SMILES string of the molecule is COC(=O)c1cc(-c2cccc(Cl)c2)ncn1. The smallest absolute Gasteiger partial charge is 0.356 e. The van der Waals surface area contributed by atoms with Gasteiger partial charge in [-0.3, -0.25) is 0 Å². The molecule has 0 amide bonds. The molecule has 0 atom stereocenters. The number of hydrogen-bond acceptors (Lipinski definition) is 4. The normalized spacial score (nSPS) is 10.0. The molecule has 0 saturated carbocycles. The quantitative estimate of drug-likeness (QED) is 0.767. The third-order valence-electron chi connectivity index (χ3n) is 2.18. The summed E-state index contributed by atoms with van der Waals surface area (Å²) < 4.78 is 4.60. The van der Waals surface area contributed by atoms with Crippen LogP contribution >= 0.6 is 11.6 Å². The predicted octanol–water partition coefficient (Wildman–Crippen LogP) is 2.58. The number of ether oxygens (including phenoxy) is 1. The lowest BCUT2D eigenvalue weighted by Crippen LogP contribution is -2.04. The Morgan fingerprint density at radius 2 is 2.12 bits per heavy atom. The lowest BCUT2D eigenvalue weighted by atomic mass is 10.1. The maximum Gasteiger partial charge on any atom is 0.356 e. The second kappa shape index (κ2) is 4.93. The number of aromatic nitrogens is 2. The van der Waals surface area contributed by atoms with E-state index in [1.807, 2.05) is 12.1 Å². The van der Waals surface area contributed by atoms with Crippen LogP contribution in [0.2, 0.25) is 5.02 Å². The molecule has 0 aliphatic rings. The second-order valence-electron chi connectivity index (χ2n) is 3.29. The molecule has 1 aromatic carbocycles. The zero-order valence-corrected chi connectivity index (χ0v) is 9.81. The summed E-state index contributed by atoms with van der Waals surface area (Å²) in [7, 11) is 1.31. The van der Waals surface area contributed by atoms with Crippen molar-refractivity contribution >= 4 is 17.6 Å². The number of halogens is 1. The maximum atomic E-state index is 11.3. The van der Waals surface area contributed by atoms with Crippen LogP contribution in [0.5, 0.6) is 0 Å². The van der Waals surface area contributed by atoms with Crippen LogP contribution in [0, 0.1) is 0 Å². The predicted molar refractivity (Wildman–Crippen MR) is 63.8 cm³/mol. The summed E-state index contributed by atoms with van der Waals surface area (Å²) in [6.45, 7) is 0. The van der Waals surface area contributed by atoms with Gasteiger partial charge in [-0.25, -0.2) is 14.8 Å². The van der Waals surface area contributed by atoms with Gasteiger partial charge in [0.15, 0.2) is 5.69 Å². The fourth-order valence-electron chi connectivity index (χ4n) is 1.38. The Hall–Kier alpha value is -1.94. The number of esters is 1. The molecule has 0 N–H and O–H groups in total. The van der Waals surface area contributed by atoms with Crippen molar-refractivity contribution in [2.45, 2.75) is 0 Å². The molecule has 1 heterocycles. The van der Waals surface area contributed by atoms with Gasteiger partial charge < -0.3 is 4.74 Å². The molecule has 17 heavy (non-hydrogen) atoms. The number of carbonyl (C=O) groups excluding carboxylic acids is 1. The molecule has 86 valence electrons. The largest absolute Gasteiger partial charge is 0.464 e. The standard InChI is InChI=1S/C12H9ClN2O2/c1-17-12(16)11-6-10(14-7-15-11)8-3-2-4-9(13)5-8/h2-7H,1H3. The maximum absolute atomic E-state index is 11.3. The van der Waals surface area contributed by atoms with Crippen molar-refractivity contribution in [3.05, 3.63) is 47.4 Å². The molecular weight excluding hydrogens is 240 g/mol. The van der Waals surface area contributed by atoms with E-state index in [1.165, 1.54) is 13.4 Å². The van der Waals surface area contributed by atoms with Crippen molar-refractivity contribution in [3.63, 3.8) is 0 Å². The number of rotatable bonds is 2. The van der Waals surface area contributed by atoms with Crippen LogP contribution < -0.4 is 0 Å². The van der Waals surface area contributed by atoms with Crippen molar-refractivity contribution < 1.29 is 9.53 Å². The molecule has 2 aromatic rings. The third kappa shape index (κ3) is 2.60. The molecule has 0 aliphatic heterocycles. The number of benzene rings is 1. The number of methoxy groups -OCH3 is 1. The van der Waals surface area contributed by atoms with Crippen LogP contribution in [0.1, 0.15) is 10.5 Å². The van der Waals surface area contributed by atoms with E-state index in [2.05, 4.69) is 14.7 Å². The summed E-state index contributed by atoms with van der Waals surface area (Å²) in [5, 5.41) is 0.612. The van der Waals surface area contributed by atoms with E-state index in [0.29, 0.717) is 10.7 Å². The van der Waals surface area contributed by atoms with E-state index in [-0.39, 0.29) is 5.69 Å². The van der Waals surface area contributed by atoms with Gasteiger partial charge in [0.25, 0.3) is 0 Å². The van der Waals surface area contributed by atoms with Gasteiger partial charge >= 0.3 is 5.97 Å². The molecule has 0 unspecified atom stereocenters. The Kier molecular flexibility index (Phi) is 3.35. The molecule has 1 aromatic heterocycles. The molecule has 4 nitrogen and oxygen atoms in total. The summed E-state index contributed by atoms with van der Waals surface area (Å²) >= 11 is 5.89. The van der Waals surface area contributed by atoms with Crippen LogP contribution in [0.25, 0.3) is 11.3 Å². The summed E-state index contributed by atoms with van der Waals surface area (Å²) in [4.78, 5) is 19.3. The highest BCUT2D eigenvalue weighted by molar-refractivity contribution is 6.30. The molecule has 0 spiro atoms. The highest BCUT2D eigenvalue weighted by Gasteiger charge is 2.09. The van der Waals surface area contributed by atoms with Gasteiger partial charge in [-0.15, -0.1) is 0 Å². The first-order chi connectivity index (χ1) is 8.20. The van der Waals surface area contributed by atoms with Gasteiger partial charge in [-0.05, 0) is 18.2 Å². The Morgan fingerprint density at radius 3 is 2.82 bits per heavy atom. The third-order valence-corrected chi connectivity index (χ3v) is 2.42. The van der Waals surface area contributed by atoms with E-state index in [4.69, 9.17) is 11.6 Å². The van der Waals surface area contributed by atoms with Gasteiger partial charge in [-0.2, -0.15) is 0 Å². The average Bonchev–Trinajstić information content (AvgIpc) is 2.38. The number of hydrogen-bond donors (Lipinski definition) is 0. The topological polar surface area (TPSA) is 52.1 Å². The average molecular weight is 249 g/mol. The molecule has 0 aliphatic carbocycles. The van der Waals surface area contributed by atoms with E-state index in [9.17, 15) is 4.79 Å². The first-order valence-corrected chi connectivity index (χ1v) is 5.25. The number of nitrogens with zero attached hydrogens (tertiary/aromatic N) is 2. The molecular formula is C12H9ClN2O2. The highest BCUT2D eigenvalue weighted by atomic mass is 35.5. The molecule has 0 bridgehead atoms. The van der Waals surface area contributed by atoms with Crippen LogP contribution in [0.15, 0.2) is 36.7 Å². The lowest BCUT2D eigenvalue weighted by molar-refractivity contribution is 0.0594. The minimum absolute atomic E-state index is 0.220. The van der Waals surface area contributed by atoms with Crippen molar-refractivity contribution in [2.24, 2.45) is 0 Å². The molecule has 5 heteroatoms. The first kappa shape index (κ1) is 11.5. The van der Waals surface area contributed by atoms with Gasteiger partial charge in [0.2, 0.25) is 0 Å². The van der Waals surface area contributed by atoms with Crippen LogP contribution in [0.3, 0.4) is 0 Å². The summed E-state index contributed by atoms with van der Waals surface area (Å²) in [6.07, 6.45) is 1.32. The lowest BCUT2D eigenvalue weighted by Gasteiger charge is -2.03. The summed E-state index contributed by atoms with van der Waals surface area (Å²) in [5.74, 6) is -0.490. The fourth-order valence-corrected chi connectivity index (χ4v) is 1.57. The van der Waals surface area contributed by atoms with E-state index in [0.717, 1.165) is 5.56 Å². The molecule has 0 saturated heterocycles. The van der Waals surface area contributed by atoms with E-state index < -0.39 is 5.97 Å². The Balaban J connectivity index is 2.43. The van der Waals surface area contributed by atoms with Crippen molar-refractivity contribution in [2.75, 3.05) is 7.11 Å². The molecule has 0 fully saturated rings. The molecule has 2 rings (SSSR count). The first-order valence-electron chi connectivity index (χ1n) is 4.87. The Bertz CT molecular complexity index is 558. The minimum Gasteiger partial charge on any atom is -0.464 e. The van der Waals surface area contributed by atoms with Gasteiger partial charge in [0, 0.05) is 10.6 Å². The monoisotopic (exact) mass is 248 g/mol. The summed E-state index contributed by atoms with van der Waals surface area (Å²) in [6, 6.07) is 8.78. The van der Waals surface area contributed by atoms with Crippen LogP contribution in [-0.2, 0) is 4.74 Å². The van der Waals surface area contributed by atoms with Crippen LogP contribution in [-0.4, -0.2) is 23.0 Å². The van der Waals surface area contributed by atoms with Gasteiger partial charge in [-0.1, -0.05) is 23.7 Å². The van der Waals surface area contributed by atoms with Crippen LogP contribution in [0.4, 0.5) is 0 Å². The van der Waals surface area contributed by atoms with E-state index >= 15 is 0 Å². The summed E-state index contributed by atoms with van der Waals surface area (Å²) in [5.41, 5.74) is 1.67. The Morgan fingerprint density at radius 1 is 1.29 bits per heavy atom. The zero-order valence-electron chi connectivity index (χ0n) is 9.05.